The zero-order valence-electron chi connectivity index (χ0n) is 28.2. The smallest absolute Gasteiger partial charge is 0.333 e. The van der Waals surface area contributed by atoms with Crippen molar-refractivity contribution in [3.63, 3.8) is 0 Å². The average molecular weight is 645 g/mol. The highest BCUT2D eigenvalue weighted by molar-refractivity contribution is 6.19. The average Bonchev–Trinajstić information content (AvgIpc) is 3.13. The maximum Gasteiger partial charge on any atom is 0.333 e. The lowest BCUT2D eigenvalue weighted by atomic mass is 9.51. The fourth-order valence-corrected chi connectivity index (χ4v) is 8.27. The monoisotopic (exact) mass is 644 g/mol. The Morgan fingerprint density at radius 3 is 2.36 bits per heavy atom. The Hall–Kier alpha value is -3.95. The van der Waals surface area contributed by atoms with Crippen molar-refractivity contribution in [2.24, 2.45) is 11.8 Å². The second-order valence-corrected chi connectivity index (χ2v) is 14.8. The molecule has 0 amide bonds. The van der Waals surface area contributed by atoms with Crippen LogP contribution in [0, 0.1) is 11.8 Å². The van der Waals surface area contributed by atoms with Gasteiger partial charge in [-0.1, -0.05) is 35.5 Å². The minimum absolute atomic E-state index is 0.0173. The van der Waals surface area contributed by atoms with Gasteiger partial charge >= 0.3 is 5.97 Å². The lowest BCUT2D eigenvalue weighted by Crippen LogP contribution is -2.72. The molecule has 3 aliphatic heterocycles. The summed E-state index contributed by atoms with van der Waals surface area (Å²) in [6.45, 7) is 13.0. The van der Waals surface area contributed by atoms with Crippen molar-refractivity contribution in [1.29, 1.82) is 0 Å². The summed E-state index contributed by atoms with van der Waals surface area (Å²) in [5.41, 5.74) is -1.79. The van der Waals surface area contributed by atoms with Crippen LogP contribution in [0.1, 0.15) is 95.6 Å². The van der Waals surface area contributed by atoms with Crippen molar-refractivity contribution >= 4 is 23.6 Å². The van der Waals surface area contributed by atoms with Gasteiger partial charge in [-0.25, -0.2) is 4.79 Å². The number of aliphatic carboxylic acids is 1. The Labute approximate surface area is 275 Å². The SMILES string of the molecule is CC(C)=CCC[C@@]1(C)C=Cc2c(O)c3c(c(CC=C(C)C)c2O1)O[C@]12C(=CC4C[C@H]1C(C)(C)O[C@@]2(C/C=C(/CO)C(=O)O)C4=O)C3=O. The maximum absolute atomic E-state index is 14.7. The molecule has 3 heterocycles. The number of hydrogen-bond acceptors (Lipinski definition) is 8. The Morgan fingerprint density at radius 2 is 1.72 bits per heavy atom. The molecule has 3 N–H and O–H groups in total. The topological polar surface area (TPSA) is 140 Å². The van der Waals surface area contributed by atoms with E-state index in [1.54, 1.807) is 6.08 Å². The standard InChI is InChI=1S/C38H44O9/c1-20(2)9-8-14-36(7)15-13-24-29(40)28-30(41)26-17-23-18-27-35(5,6)47-37(33(23)42,16-12-22(19-39)34(43)44)38(26,27)46-32(28)25(31(24)45-36)11-10-21(3)4/h9-10,12-13,15,17,23,27,39-40H,8,11,14,16,18-19H2,1-7H3,(H,43,44)/b22-12-/t23?,27-,36-,37-,38+/m0/s1. The lowest BCUT2D eigenvalue weighted by Gasteiger charge is -2.56. The van der Waals surface area contributed by atoms with E-state index in [-0.39, 0.29) is 40.4 Å². The van der Waals surface area contributed by atoms with Crippen LogP contribution in [0.25, 0.3) is 6.08 Å². The molecule has 5 atom stereocenters. The van der Waals surface area contributed by atoms with Crippen LogP contribution < -0.4 is 9.47 Å². The van der Waals surface area contributed by atoms with Crippen LogP contribution >= 0.6 is 0 Å². The van der Waals surface area contributed by atoms with Gasteiger partial charge in [0, 0.05) is 29.4 Å². The minimum atomic E-state index is -1.74. The first-order valence-electron chi connectivity index (χ1n) is 16.3. The van der Waals surface area contributed by atoms with Crippen LogP contribution in [-0.4, -0.2) is 61.9 Å². The Morgan fingerprint density at radius 1 is 1.02 bits per heavy atom. The molecular formula is C38H44O9. The van der Waals surface area contributed by atoms with Gasteiger partial charge in [0.1, 0.15) is 28.4 Å². The van der Waals surface area contributed by atoms with Crippen LogP contribution in [0.5, 0.6) is 17.2 Å². The Balaban J connectivity index is 1.59. The van der Waals surface area contributed by atoms with Gasteiger partial charge in [-0.15, -0.1) is 0 Å². The predicted molar refractivity (Wildman–Crippen MR) is 176 cm³/mol. The Kier molecular flexibility index (Phi) is 7.76. The first-order chi connectivity index (χ1) is 22.0. The summed E-state index contributed by atoms with van der Waals surface area (Å²) < 4.78 is 20.5. The van der Waals surface area contributed by atoms with Crippen LogP contribution in [0.2, 0.25) is 0 Å². The van der Waals surface area contributed by atoms with Crippen molar-refractivity contribution in [2.45, 2.75) is 103 Å². The molecule has 9 nitrogen and oxygen atoms in total. The second-order valence-electron chi connectivity index (χ2n) is 14.8. The molecule has 1 spiro atoms. The van der Waals surface area contributed by atoms with E-state index in [2.05, 4.69) is 6.08 Å². The van der Waals surface area contributed by atoms with E-state index >= 15 is 0 Å². The van der Waals surface area contributed by atoms with Crippen molar-refractivity contribution < 1.29 is 43.9 Å². The van der Waals surface area contributed by atoms with Crippen molar-refractivity contribution in [2.75, 3.05) is 6.61 Å². The van der Waals surface area contributed by atoms with E-state index in [0.717, 1.165) is 12.0 Å². The highest BCUT2D eigenvalue weighted by Gasteiger charge is 2.81. The third-order valence-electron chi connectivity index (χ3n) is 10.5. The molecule has 3 aliphatic carbocycles. The van der Waals surface area contributed by atoms with Gasteiger partial charge < -0.3 is 29.5 Å². The number of carbonyl (C=O) groups is 3. The molecule has 1 unspecified atom stereocenters. The largest absolute Gasteiger partial charge is 0.506 e. The number of phenolic OH excluding ortho intramolecular Hbond substituents is 1. The van der Waals surface area contributed by atoms with Crippen LogP contribution in [0.15, 0.2) is 52.7 Å². The number of aliphatic hydroxyl groups excluding tert-OH is 1. The quantitative estimate of drug-likeness (QED) is 0.211. The van der Waals surface area contributed by atoms with Crippen LogP contribution in [0.4, 0.5) is 0 Å². The van der Waals surface area contributed by atoms with Gasteiger partial charge in [-0.3, -0.25) is 9.59 Å². The minimum Gasteiger partial charge on any atom is -0.506 e. The summed E-state index contributed by atoms with van der Waals surface area (Å²) >= 11 is 0. The summed E-state index contributed by atoms with van der Waals surface area (Å²) in [6.07, 6.45) is 12.8. The number of phenols is 1. The molecule has 47 heavy (non-hydrogen) atoms. The molecule has 250 valence electrons. The molecule has 1 saturated carbocycles. The number of carboxylic acid groups (broad SMARTS) is 1. The number of aliphatic hydroxyl groups is 1. The van der Waals surface area contributed by atoms with Crippen LogP contribution in [0.3, 0.4) is 0 Å². The fraction of sp³-hybridized carbons (Fsp3) is 0.500. The molecular weight excluding hydrogens is 600 g/mol. The molecule has 1 aromatic carbocycles. The van der Waals surface area contributed by atoms with E-state index in [0.29, 0.717) is 36.1 Å². The number of ketones is 2. The number of hydrogen-bond donors (Lipinski definition) is 3. The van der Waals surface area contributed by atoms with Crippen molar-refractivity contribution in [1.82, 2.24) is 0 Å². The molecule has 0 radical (unpaired) electrons. The van der Waals surface area contributed by atoms with E-state index in [1.807, 2.05) is 66.7 Å². The molecule has 4 bridgehead atoms. The predicted octanol–water partition coefficient (Wildman–Crippen LogP) is 6.21. The highest BCUT2D eigenvalue weighted by atomic mass is 16.6. The van der Waals surface area contributed by atoms with Crippen molar-refractivity contribution in [3.05, 3.63) is 69.4 Å². The summed E-state index contributed by atoms with van der Waals surface area (Å²) in [7, 11) is 0. The van der Waals surface area contributed by atoms with Gasteiger partial charge in [0.05, 0.1) is 23.3 Å². The fourth-order valence-electron chi connectivity index (χ4n) is 8.27. The molecule has 1 aromatic rings. The van der Waals surface area contributed by atoms with Gasteiger partial charge in [0.15, 0.2) is 22.8 Å². The molecule has 9 heteroatoms. The summed E-state index contributed by atoms with van der Waals surface area (Å²) in [5, 5.41) is 31.2. The van der Waals surface area contributed by atoms with Gasteiger partial charge in [-0.2, -0.15) is 0 Å². The first kappa shape index (κ1) is 33.0. The normalized spacial score (nSPS) is 30.8. The van der Waals surface area contributed by atoms with E-state index < -0.39 is 52.6 Å². The maximum atomic E-state index is 14.7. The number of Topliss-reactive ketones (excluding diaryl/α,β-unsaturated/α-hetero) is 2. The molecule has 2 fully saturated rings. The summed E-state index contributed by atoms with van der Waals surface area (Å²) in [6, 6.07) is 0. The number of ether oxygens (including phenoxy) is 3. The number of carboxylic acids is 1. The van der Waals surface area contributed by atoms with Crippen LogP contribution in [-0.2, 0) is 20.7 Å². The summed E-state index contributed by atoms with van der Waals surface area (Å²) in [5.74, 6) is -2.84. The van der Waals surface area contributed by atoms with Gasteiger partial charge in [-0.05, 0) is 86.3 Å². The molecule has 6 aliphatic rings. The number of fused-ring (bicyclic) bond motifs is 2. The third kappa shape index (κ3) is 4.76. The number of aromatic hydroxyl groups is 1. The number of carbonyl (C=O) groups excluding carboxylic acids is 2. The molecule has 0 aromatic heterocycles. The Bertz CT molecular complexity index is 1750. The second kappa shape index (κ2) is 11.1. The van der Waals surface area contributed by atoms with Gasteiger partial charge in [0.25, 0.3) is 0 Å². The van der Waals surface area contributed by atoms with E-state index in [9.17, 15) is 29.7 Å². The highest BCUT2D eigenvalue weighted by Crippen LogP contribution is 2.68. The van der Waals surface area contributed by atoms with E-state index in [1.165, 1.54) is 11.6 Å². The number of rotatable bonds is 9. The zero-order valence-corrected chi connectivity index (χ0v) is 28.2. The molecule has 7 rings (SSSR count). The molecule has 1 saturated heterocycles. The summed E-state index contributed by atoms with van der Waals surface area (Å²) in [4.78, 5) is 40.9. The van der Waals surface area contributed by atoms with Crippen molar-refractivity contribution in [3.8, 4) is 17.2 Å². The number of benzene rings is 1. The first-order valence-corrected chi connectivity index (χ1v) is 16.3. The third-order valence-corrected chi connectivity index (χ3v) is 10.5. The van der Waals surface area contributed by atoms with Gasteiger partial charge in [0.2, 0.25) is 0 Å². The lowest BCUT2D eigenvalue weighted by molar-refractivity contribution is -0.171. The zero-order chi connectivity index (χ0) is 34.3. The van der Waals surface area contributed by atoms with E-state index in [4.69, 9.17) is 14.2 Å². The number of allylic oxidation sites excluding steroid dienone is 5.